The molecule has 0 saturated heterocycles. The number of rotatable bonds is 6. The van der Waals surface area contributed by atoms with Gasteiger partial charge in [-0.05, 0) is 24.3 Å². The molecule has 2 aromatic rings. The van der Waals surface area contributed by atoms with E-state index in [0.29, 0.717) is 30.9 Å². The Balaban J connectivity index is 1.76. The lowest BCUT2D eigenvalue weighted by Gasteiger charge is -2.18. The van der Waals surface area contributed by atoms with Gasteiger partial charge in [-0.15, -0.1) is 16.4 Å². The van der Waals surface area contributed by atoms with E-state index in [9.17, 15) is 0 Å². The summed E-state index contributed by atoms with van der Waals surface area (Å²) in [7, 11) is 0. The first-order valence-corrected chi connectivity index (χ1v) is 7.06. The van der Waals surface area contributed by atoms with Crippen LogP contribution >= 0.6 is 11.3 Å². The van der Waals surface area contributed by atoms with Crippen molar-refractivity contribution in [1.29, 1.82) is 0 Å². The lowest BCUT2D eigenvalue weighted by Crippen LogP contribution is -2.24. The average molecular weight is 264 g/mol. The van der Waals surface area contributed by atoms with Crippen LogP contribution in [0.2, 0.25) is 0 Å². The van der Waals surface area contributed by atoms with E-state index in [0.717, 1.165) is 6.54 Å². The van der Waals surface area contributed by atoms with Crippen molar-refractivity contribution in [1.82, 2.24) is 10.2 Å². The maximum Gasteiger partial charge on any atom is 0.318 e. The molecule has 5 nitrogen and oxygen atoms in total. The van der Waals surface area contributed by atoms with Gasteiger partial charge in [0.25, 0.3) is 0 Å². The predicted molar refractivity (Wildman–Crippen MR) is 70.6 cm³/mol. The summed E-state index contributed by atoms with van der Waals surface area (Å²) >= 11 is 1.76. The highest BCUT2D eigenvalue weighted by molar-refractivity contribution is 7.09. The fraction of sp³-hybridized carbons (Fsp3) is 0.500. The Hall–Kier alpha value is -1.40. The molecule has 1 aliphatic rings. The molecule has 0 atom stereocenters. The third-order valence-corrected chi connectivity index (χ3v) is 3.82. The summed E-state index contributed by atoms with van der Waals surface area (Å²) in [4.78, 5) is 3.53. The number of hydrogen-bond donors (Lipinski definition) is 1. The lowest BCUT2D eigenvalue weighted by molar-refractivity contribution is 0.481. The molecular formula is C12H16N4OS. The minimum absolute atomic E-state index is 0.538. The van der Waals surface area contributed by atoms with Crippen molar-refractivity contribution >= 4 is 17.4 Å². The Morgan fingerprint density at radius 3 is 3.00 bits per heavy atom. The molecule has 2 heterocycles. The molecule has 1 saturated carbocycles. The number of hydrogen-bond acceptors (Lipinski definition) is 6. The summed E-state index contributed by atoms with van der Waals surface area (Å²) in [6, 6.07) is 5.39. The van der Waals surface area contributed by atoms with E-state index in [2.05, 4.69) is 32.6 Å². The number of nitrogens with zero attached hydrogens (tertiary/aromatic N) is 3. The Bertz CT molecular complexity index is 492. The van der Waals surface area contributed by atoms with Gasteiger partial charge in [0, 0.05) is 23.9 Å². The van der Waals surface area contributed by atoms with Crippen molar-refractivity contribution in [3.8, 4) is 0 Å². The van der Waals surface area contributed by atoms with Gasteiger partial charge in [0.15, 0.2) is 0 Å². The molecule has 18 heavy (non-hydrogen) atoms. The number of thiophene rings is 1. The first kappa shape index (κ1) is 11.7. The van der Waals surface area contributed by atoms with Crippen LogP contribution in [-0.4, -0.2) is 22.8 Å². The van der Waals surface area contributed by atoms with Crippen LogP contribution in [0.3, 0.4) is 0 Å². The molecule has 3 rings (SSSR count). The van der Waals surface area contributed by atoms with E-state index in [1.54, 1.807) is 11.3 Å². The molecule has 0 spiro atoms. The van der Waals surface area contributed by atoms with Crippen molar-refractivity contribution < 1.29 is 4.42 Å². The predicted octanol–water partition coefficient (Wildman–Crippen LogP) is 1.80. The summed E-state index contributed by atoms with van der Waals surface area (Å²) in [5, 5.41) is 10.3. The van der Waals surface area contributed by atoms with Gasteiger partial charge in [-0.1, -0.05) is 11.2 Å². The van der Waals surface area contributed by atoms with Crippen LogP contribution < -0.4 is 10.6 Å². The van der Waals surface area contributed by atoms with Crippen molar-refractivity contribution in [2.45, 2.75) is 31.8 Å². The quantitative estimate of drug-likeness (QED) is 0.861. The minimum Gasteiger partial charge on any atom is -0.408 e. The molecule has 0 amide bonds. The average Bonchev–Trinajstić information content (AvgIpc) is 2.89. The minimum atomic E-state index is 0.538. The smallest absolute Gasteiger partial charge is 0.318 e. The second-order valence-electron chi connectivity index (χ2n) is 4.46. The van der Waals surface area contributed by atoms with Crippen LogP contribution in [0.1, 0.15) is 23.6 Å². The zero-order chi connectivity index (χ0) is 12.4. The zero-order valence-corrected chi connectivity index (χ0v) is 10.9. The van der Waals surface area contributed by atoms with Crippen LogP contribution in [0.4, 0.5) is 6.01 Å². The Labute approximate surface area is 110 Å². The molecule has 1 fully saturated rings. The molecule has 6 heteroatoms. The van der Waals surface area contributed by atoms with Crippen LogP contribution in [0, 0.1) is 0 Å². The number of nitrogens with two attached hydrogens (primary N) is 1. The molecule has 0 aromatic carbocycles. The highest BCUT2D eigenvalue weighted by Gasteiger charge is 2.32. The summed E-state index contributed by atoms with van der Waals surface area (Å²) in [5.74, 6) is 0.629. The van der Waals surface area contributed by atoms with Crippen molar-refractivity contribution in [3.05, 3.63) is 28.3 Å². The second kappa shape index (κ2) is 5.07. The molecule has 96 valence electrons. The zero-order valence-electron chi connectivity index (χ0n) is 10.1. The second-order valence-corrected chi connectivity index (χ2v) is 5.49. The fourth-order valence-electron chi connectivity index (χ4n) is 1.89. The Morgan fingerprint density at radius 2 is 2.33 bits per heavy atom. The van der Waals surface area contributed by atoms with E-state index < -0.39 is 0 Å². The highest BCUT2D eigenvalue weighted by atomic mass is 32.1. The molecule has 2 N–H and O–H groups in total. The van der Waals surface area contributed by atoms with Gasteiger partial charge in [-0.3, -0.25) is 0 Å². The normalized spacial score (nSPS) is 14.9. The van der Waals surface area contributed by atoms with Crippen LogP contribution in [0.25, 0.3) is 0 Å². The molecular weight excluding hydrogens is 248 g/mol. The molecule has 0 radical (unpaired) electrons. The van der Waals surface area contributed by atoms with Crippen molar-refractivity contribution in [2.24, 2.45) is 5.73 Å². The standard InChI is InChI=1S/C12H16N4OS/c13-6-5-11-14-15-12(17-11)16(9-3-4-9)8-10-2-1-7-18-10/h1-2,7,9H,3-6,8,13H2. The summed E-state index contributed by atoms with van der Waals surface area (Å²) in [6.07, 6.45) is 3.06. The van der Waals surface area contributed by atoms with Crippen LogP contribution in [0.15, 0.2) is 21.9 Å². The van der Waals surface area contributed by atoms with E-state index in [1.165, 1.54) is 17.7 Å². The van der Waals surface area contributed by atoms with Gasteiger partial charge in [-0.25, -0.2) is 0 Å². The van der Waals surface area contributed by atoms with Gasteiger partial charge in [0.2, 0.25) is 5.89 Å². The highest BCUT2D eigenvalue weighted by Crippen LogP contribution is 2.32. The van der Waals surface area contributed by atoms with E-state index >= 15 is 0 Å². The van der Waals surface area contributed by atoms with Crippen molar-refractivity contribution in [2.75, 3.05) is 11.4 Å². The SMILES string of the molecule is NCCc1nnc(N(Cc2cccs2)C2CC2)o1. The third-order valence-electron chi connectivity index (χ3n) is 2.95. The monoisotopic (exact) mass is 264 g/mol. The maximum atomic E-state index is 5.66. The van der Waals surface area contributed by atoms with E-state index in [4.69, 9.17) is 10.2 Å². The summed E-state index contributed by atoms with van der Waals surface area (Å²) in [5.41, 5.74) is 5.49. The summed E-state index contributed by atoms with van der Waals surface area (Å²) < 4.78 is 5.66. The van der Waals surface area contributed by atoms with Crippen molar-refractivity contribution in [3.63, 3.8) is 0 Å². The number of anilines is 1. The van der Waals surface area contributed by atoms with Crippen LogP contribution in [-0.2, 0) is 13.0 Å². The molecule has 0 aliphatic heterocycles. The van der Waals surface area contributed by atoms with Gasteiger partial charge in [0.05, 0.1) is 6.54 Å². The van der Waals surface area contributed by atoms with Gasteiger partial charge >= 0.3 is 6.01 Å². The molecule has 2 aromatic heterocycles. The fourth-order valence-corrected chi connectivity index (χ4v) is 2.60. The Morgan fingerprint density at radius 1 is 1.44 bits per heavy atom. The van der Waals surface area contributed by atoms with E-state index in [1.807, 2.05) is 0 Å². The van der Waals surface area contributed by atoms with Gasteiger partial charge < -0.3 is 15.1 Å². The number of aromatic nitrogens is 2. The largest absolute Gasteiger partial charge is 0.408 e. The van der Waals surface area contributed by atoms with E-state index in [-0.39, 0.29) is 0 Å². The maximum absolute atomic E-state index is 5.66. The molecule has 0 bridgehead atoms. The molecule has 0 unspecified atom stereocenters. The van der Waals surface area contributed by atoms with Gasteiger partial charge in [0.1, 0.15) is 0 Å². The van der Waals surface area contributed by atoms with Crippen LogP contribution in [0.5, 0.6) is 0 Å². The lowest BCUT2D eigenvalue weighted by atomic mass is 10.4. The van der Waals surface area contributed by atoms with Gasteiger partial charge in [-0.2, -0.15) is 0 Å². The Kier molecular flexibility index (Phi) is 3.29. The first-order valence-electron chi connectivity index (χ1n) is 6.18. The third kappa shape index (κ3) is 2.54. The first-order chi connectivity index (χ1) is 8.86. The topological polar surface area (TPSA) is 68.2 Å². The molecule has 1 aliphatic carbocycles. The summed E-state index contributed by atoms with van der Waals surface area (Å²) in [6.45, 7) is 1.39.